The van der Waals surface area contributed by atoms with Gasteiger partial charge < -0.3 is 26.6 Å². The lowest BCUT2D eigenvalue weighted by Crippen LogP contribution is -2.47. The number of carbonyl (C=O) groups is 3. The Morgan fingerprint density at radius 3 is 2.27 bits per heavy atom. The van der Waals surface area contributed by atoms with E-state index in [1.807, 2.05) is 5.32 Å². The smallest absolute Gasteiger partial charge is 0.326 e. The van der Waals surface area contributed by atoms with Crippen LogP contribution in [0.4, 0.5) is 4.79 Å². The van der Waals surface area contributed by atoms with Crippen molar-refractivity contribution < 1.29 is 24.6 Å². The number of carboxylic acids is 2. The molecule has 0 fully saturated rings. The summed E-state index contributed by atoms with van der Waals surface area (Å²) >= 11 is 0. The molecular weight excluding hydrogens is 206 g/mol. The largest absolute Gasteiger partial charge is 0.481 e. The molecule has 0 heterocycles. The van der Waals surface area contributed by atoms with E-state index in [1.165, 1.54) is 0 Å². The van der Waals surface area contributed by atoms with E-state index in [0.717, 1.165) is 0 Å². The van der Waals surface area contributed by atoms with Crippen LogP contribution >= 0.6 is 0 Å². The van der Waals surface area contributed by atoms with Gasteiger partial charge in [0.25, 0.3) is 0 Å². The van der Waals surface area contributed by atoms with Crippen molar-refractivity contribution in [2.75, 3.05) is 13.1 Å². The highest BCUT2D eigenvalue weighted by Crippen LogP contribution is 1.92. The second kappa shape index (κ2) is 6.60. The molecule has 0 rings (SSSR count). The quantitative estimate of drug-likeness (QED) is 0.356. The number of nitrogens with one attached hydrogen (secondary N) is 2. The van der Waals surface area contributed by atoms with Crippen LogP contribution in [0.2, 0.25) is 0 Å². The normalized spacial score (nSPS) is 11.5. The summed E-state index contributed by atoms with van der Waals surface area (Å²) in [6, 6.07) is -2.20. The molecule has 2 amide bonds. The number of urea groups is 1. The van der Waals surface area contributed by atoms with Gasteiger partial charge in [-0.15, -0.1) is 0 Å². The Morgan fingerprint density at radius 1 is 1.27 bits per heavy atom. The second-order valence-electron chi connectivity index (χ2n) is 2.68. The molecule has 1 atom stereocenters. The van der Waals surface area contributed by atoms with E-state index in [4.69, 9.17) is 15.9 Å². The van der Waals surface area contributed by atoms with Crippen LogP contribution in [0.1, 0.15) is 6.42 Å². The zero-order chi connectivity index (χ0) is 11.8. The highest BCUT2D eigenvalue weighted by atomic mass is 16.4. The molecule has 0 saturated carbocycles. The predicted molar refractivity (Wildman–Crippen MR) is 49.3 cm³/mol. The average molecular weight is 219 g/mol. The fourth-order valence-corrected chi connectivity index (χ4v) is 0.770. The molecule has 86 valence electrons. The van der Waals surface area contributed by atoms with E-state index in [2.05, 4.69) is 5.32 Å². The summed E-state index contributed by atoms with van der Waals surface area (Å²) in [5.41, 5.74) is 5.10. The minimum absolute atomic E-state index is 0.186. The molecule has 0 aromatic rings. The standard InChI is InChI=1S/C7H13N3O5/c8-1-2-9-7(15)10-4(6(13)14)3-5(11)12/h4H,1-3,8H2,(H,11,12)(H,13,14)(H2,9,10,15)/t4-/m1/s1. The molecule has 0 saturated heterocycles. The summed E-state index contributed by atoms with van der Waals surface area (Å²) in [7, 11) is 0. The number of nitrogens with two attached hydrogens (primary N) is 1. The van der Waals surface area contributed by atoms with Crippen molar-refractivity contribution in [3.63, 3.8) is 0 Å². The Balaban J connectivity index is 4.10. The number of rotatable bonds is 6. The number of carboxylic acid groups (broad SMARTS) is 2. The van der Waals surface area contributed by atoms with E-state index in [1.54, 1.807) is 0 Å². The molecule has 0 spiro atoms. The van der Waals surface area contributed by atoms with Gasteiger partial charge in [-0.1, -0.05) is 0 Å². The van der Waals surface area contributed by atoms with Crippen LogP contribution in [0.5, 0.6) is 0 Å². The zero-order valence-electron chi connectivity index (χ0n) is 7.90. The van der Waals surface area contributed by atoms with Gasteiger partial charge >= 0.3 is 18.0 Å². The molecule has 0 radical (unpaired) electrons. The summed E-state index contributed by atoms with van der Waals surface area (Å²) in [6.45, 7) is 0.398. The molecule has 0 unspecified atom stereocenters. The molecule has 0 aromatic heterocycles. The highest BCUT2D eigenvalue weighted by molar-refractivity contribution is 5.86. The molecule has 0 aliphatic heterocycles. The second-order valence-corrected chi connectivity index (χ2v) is 2.68. The van der Waals surface area contributed by atoms with E-state index in [0.29, 0.717) is 0 Å². The van der Waals surface area contributed by atoms with Crippen molar-refractivity contribution in [1.82, 2.24) is 10.6 Å². The predicted octanol–water partition coefficient (Wildman–Crippen LogP) is -1.83. The minimum atomic E-state index is -1.44. The topological polar surface area (TPSA) is 142 Å². The van der Waals surface area contributed by atoms with Crippen molar-refractivity contribution in [2.45, 2.75) is 12.5 Å². The van der Waals surface area contributed by atoms with Gasteiger partial charge in [0, 0.05) is 13.1 Å². The molecule has 6 N–H and O–H groups in total. The summed E-state index contributed by atoms with van der Waals surface area (Å²) in [4.78, 5) is 31.7. The Bertz CT molecular complexity index is 255. The Morgan fingerprint density at radius 2 is 1.87 bits per heavy atom. The number of carbonyl (C=O) groups excluding carboxylic acids is 1. The first-order valence-electron chi connectivity index (χ1n) is 4.16. The van der Waals surface area contributed by atoms with E-state index in [9.17, 15) is 14.4 Å². The number of hydrogen-bond acceptors (Lipinski definition) is 4. The van der Waals surface area contributed by atoms with Crippen LogP contribution in [0.15, 0.2) is 0 Å². The first-order valence-corrected chi connectivity index (χ1v) is 4.16. The van der Waals surface area contributed by atoms with Crippen molar-refractivity contribution in [3.8, 4) is 0 Å². The molecular formula is C7H13N3O5. The van der Waals surface area contributed by atoms with Crippen LogP contribution in [0.25, 0.3) is 0 Å². The first kappa shape index (κ1) is 13.2. The Labute approximate surface area is 85.4 Å². The highest BCUT2D eigenvalue weighted by Gasteiger charge is 2.22. The molecule has 0 aromatic carbocycles. The van der Waals surface area contributed by atoms with Crippen molar-refractivity contribution in [1.29, 1.82) is 0 Å². The lowest BCUT2D eigenvalue weighted by atomic mass is 10.2. The van der Waals surface area contributed by atoms with E-state index >= 15 is 0 Å². The maximum absolute atomic E-state index is 11.0. The third-order valence-electron chi connectivity index (χ3n) is 1.41. The maximum atomic E-state index is 11.0. The van der Waals surface area contributed by atoms with E-state index in [-0.39, 0.29) is 13.1 Å². The van der Waals surface area contributed by atoms with Crippen LogP contribution in [0.3, 0.4) is 0 Å². The lowest BCUT2D eigenvalue weighted by Gasteiger charge is -2.12. The monoisotopic (exact) mass is 219 g/mol. The first-order chi connectivity index (χ1) is 6.97. The summed E-state index contributed by atoms with van der Waals surface area (Å²) < 4.78 is 0. The van der Waals surface area contributed by atoms with Gasteiger partial charge in [0.2, 0.25) is 0 Å². The average Bonchev–Trinajstić information content (AvgIpc) is 2.12. The number of hydrogen-bond donors (Lipinski definition) is 5. The molecule has 15 heavy (non-hydrogen) atoms. The summed E-state index contributed by atoms with van der Waals surface area (Å²) in [6.07, 6.45) is -0.675. The minimum Gasteiger partial charge on any atom is -0.481 e. The maximum Gasteiger partial charge on any atom is 0.326 e. The third kappa shape index (κ3) is 6.27. The van der Waals surface area contributed by atoms with E-state index < -0.39 is 30.4 Å². The van der Waals surface area contributed by atoms with Crippen LogP contribution in [0, 0.1) is 0 Å². The zero-order valence-corrected chi connectivity index (χ0v) is 7.90. The lowest BCUT2D eigenvalue weighted by molar-refractivity contribution is -0.145. The van der Waals surface area contributed by atoms with Gasteiger partial charge in [-0.05, 0) is 0 Å². The van der Waals surface area contributed by atoms with Crippen LogP contribution in [-0.2, 0) is 9.59 Å². The van der Waals surface area contributed by atoms with Gasteiger partial charge in [-0.25, -0.2) is 9.59 Å². The van der Waals surface area contributed by atoms with Gasteiger partial charge in [-0.3, -0.25) is 4.79 Å². The fraction of sp³-hybridized carbons (Fsp3) is 0.571. The Kier molecular flexibility index (Phi) is 5.79. The summed E-state index contributed by atoms with van der Waals surface area (Å²) in [5.74, 6) is -2.71. The summed E-state index contributed by atoms with van der Waals surface area (Å²) in [5, 5.41) is 21.2. The number of amides is 2. The molecule has 8 nitrogen and oxygen atoms in total. The molecule has 0 aliphatic carbocycles. The van der Waals surface area contributed by atoms with Gasteiger partial charge in [0.15, 0.2) is 0 Å². The number of aliphatic carboxylic acids is 2. The van der Waals surface area contributed by atoms with Crippen LogP contribution in [-0.4, -0.2) is 47.3 Å². The Hall–Kier alpha value is -1.83. The van der Waals surface area contributed by atoms with Crippen molar-refractivity contribution in [2.24, 2.45) is 5.73 Å². The van der Waals surface area contributed by atoms with Crippen molar-refractivity contribution >= 4 is 18.0 Å². The third-order valence-corrected chi connectivity index (χ3v) is 1.41. The molecule has 0 aliphatic rings. The van der Waals surface area contributed by atoms with Crippen LogP contribution < -0.4 is 16.4 Å². The molecule has 8 heteroatoms. The molecule has 0 bridgehead atoms. The van der Waals surface area contributed by atoms with Gasteiger partial charge in [-0.2, -0.15) is 0 Å². The van der Waals surface area contributed by atoms with Crippen molar-refractivity contribution in [3.05, 3.63) is 0 Å². The SMILES string of the molecule is NCCNC(=O)N[C@H](CC(=O)O)C(=O)O. The van der Waals surface area contributed by atoms with Gasteiger partial charge in [0.1, 0.15) is 6.04 Å². The van der Waals surface area contributed by atoms with Gasteiger partial charge in [0.05, 0.1) is 6.42 Å². The fourth-order valence-electron chi connectivity index (χ4n) is 0.770.